The van der Waals surface area contributed by atoms with Crippen LogP contribution >= 0.6 is 0 Å². The number of imidazole rings is 1. The molecule has 126 valence electrons. The molecule has 5 aromatic rings. The topological polar surface area (TPSA) is 50.7 Å². The van der Waals surface area contributed by atoms with Crippen LogP contribution in [-0.4, -0.2) is 14.5 Å². The van der Waals surface area contributed by atoms with Crippen molar-refractivity contribution in [2.75, 3.05) is 0 Å². The SMILES string of the molecule is OCc1cccc(-c2ccc3nc(-c4cc5ccccc5o4)cn3c2)c1. The van der Waals surface area contributed by atoms with Crippen LogP contribution in [0.5, 0.6) is 0 Å². The molecule has 0 radical (unpaired) electrons. The second-order valence-corrected chi connectivity index (χ2v) is 6.32. The van der Waals surface area contributed by atoms with Gasteiger partial charge in [-0.3, -0.25) is 0 Å². The monoisotopic (exact) mass is 340 g/mol. The minimum absolute atomic E-state index is 0.0390. The van der Waals surface area contributed by atoms with Crippen LogP contribution in [0.15, 0.2) is 83.5 Å². The summed E-state index contributed by atoms with van der Waals surface area (Å²) < 4.78 is 7.93. The molecule has 4 heteroatoms. The lowest BCUT2D eigenvalue weighted by atomic mass is 10.1. The number of benzene rings is 2. The van der Waals surface area contributed by atoms with Gasteiger partial charge in [-0.05, 0) is 47.0 Å². The maximum Gasteiger partial charge on any atom is 0.155 e. The second-order valence-electron chi connectivity index (χ2n) is 6.32. The Labute approximate surface area is 150 Å². The Balaban J connectivity index is 1.59. The average Bonchev–Trinajstić information content (AvgIpc) is 3.31. The van der Waals surface area contributed by atoms with E-state index in [2.05, 4.69) is 4.98 Å². The largest absolute Gasteiger partial charge is 0.454 e. The molecule has 4 nitrogen and oxygen atoms in total. The molecule has 0 amide bonds. The van der Waals surface area contributed by atoms with Gasteiger partial charge in [0.2, 0.25) is 0 Å². The molecule has 0 unspecified atom stereocenters. The normalized spacial score (nSPS) is 11.4. The third-order valence-electron chi connectivity index (χ3n) is 4.57. The molecular weight excluding hydrogens is 324 g/mol. The van der Waals surface area contributed by atoms with Crippen LogP contribution in [-0.2, 0) is 6.61 Å². The van der Waals surface area contributed by atoms with Crippen LogP contribution in [0.25, 0.3) is 39.2 Å². The van der Waals surface area contributed by atoms with Crippen LogP contribution in [0, 0.1) is 0 Å². The molecule has 0 saturated heterocycles. The van der Waals surface area contributed by atoms with Crippen molar-refractivity contribution >= 4 is 16.6 Å². The minimum Gasteiger partial charge on any atom is -0.454 e. The molecule has 0 aliphatic carbocycles. The molecular formula is C22H16N2O2. The van der Waals surface area contributed by atoms with Crippen molar-refractivity contribution in [3.63, 3.8) is 0 Å². The smallest absolute Gasteiger partial charge is 0.155 e. The van der Waals surface area contributed by atoms with E-state index in [0.29, 0.717) is 0 Å². The number of fused-ring (bicyclic) bond motifs is 2. The predicted molar refractivity (Wildman–Crippen MR) is 102 cm³/mol. The highest BCUT2D eigenvalue weighted by molar-refractivity contribution is 5.82. The molecule has 0 saturated carbocycles. The molecule has 0 spiro atoms. The third kappa shape index (κ3) is 2.48. The Morgan fingerprint density at radius 3 is 2.69 bits per heavy atom. The maximum atomic E-state index is 9.34. The van der Waals surface area contributed by atoms with E-state index in [-0.39, 0.29) is 6.61 Å². The summed E-state index contributed by atoms with van der Waals surface area (Å²) in [5.41, 5.74) is 5.57. The van der Waals surface area contributed by atoms with Gasteiger partial charge in [0, 0.05) is 17.8 Å². The number of aromatic nitrogens is 2. The maximum absolute atomic E-state index is 9.34. The van der Waals surface area contributed by atoms with Crippen molar-refractivity contribution in [1.29, 1.82) is 0 Å². The van der Waals surface area contributed by atoms with E-state index in [4.69, 9.17) is 4.42 Å². The number of aliphatic hydroxyl groups excluding tert-OH is 1. The van der Waals surface area contributed by atoms with Crippen molar-refractivity contribution in [1.82, 2.24) is 9.38 Å². The molecule has 2 aromatic carbocycles. The van der Waals surface area contributed by atoms with E-state index in [1.165, 1.54) is 0 Å². The number of pyridine rings is 1. The number of rotatable bonds is 3. The molecule has 0 aliphatic heterocycles. The molecule has 0 atom stereocenters. The molecule has 0 aliphatic rings. The fourth-order valence-corrected chi connectivity index (χ4v) is 3.24. The number of furan rings is 1. The zero-order valence-electron chi connectivity index (χ0n) is 14.0. The predicted octanol–water partition coefficient (Wildman–Crippen LogP) is 4.91. The lowest BCUT2D eigenvalue weighted by molar-refractivity contribution is 0.282. The Morgan fingerprint density at radius 2 is 1.81 bits per heavy atom. The first-order valence-electron chi connectivity index (χ1n) is 8.48. The number of aliphatic hydroxyl groups is 1. The van der Waals surface area contributed by atoms with Gasteiger partial charge in [-0.2, -0.15) is 0 Å². The van der Waals surface area contributed by atoms with Crippen LogP contribution in [0.1, 0.15) is 5.56 Å². The standard InChI is InChI=1S/C22H16N2O2/c25-14-15-4-3-6-16(10-15)18-8-9-22-23-19(13-24(22)12-18)21-11-17-5-1-2-7-20(17)26-21/h1-13,25H,14H2. The van der Waals surface area contributed by atoms with E-state index < -0.39 is 0 Å². The fraction of sp³-hybridized carbons (Fsp3) is 0.0455. The summed E-state index contributed by atoms with van der Waals surface area (Å²) in [4.78, 5) is 4.68. The number of nitrogens with zero attached hydrogens (tertiary/aromatic N) is 2. The molecule has 3 heterocycles. The highest BCUT2D eigenvalue weighted by atomic mass is 16.3. The Kier molecular flexibility index (Phi) is 3.37. The van der Waals surface area contributed by atoms with Gasteiger partial charge in [0.15, 0.2) is 5.76 Å². The van der Waals surface area contributed by atoms with Gasteiger partial charge in [0.05, 0.1) is 6.61 Å². The highest BCUT2D eigenvalue weighted by Crippen LogP contribution is 2.28. The van der Waals surface area contributed by atoms with Crippen molar-refractivity contribution in [2.45, 2.75) is 6.61 Å². The van der Waals surface area contributed by atoms with Gasteiger partial charge in [-0.15, -0.1) is 0 Å². The van der Waals surface area contributed by atoms with Crippen molar-refractivity contribution < 1.29 is 9.52 Å². The summed E-state index contributed by atoms with van der Waals surface area (Å²) in [6.07, 6.45) is 4.03. The summed E-state index contributed by atoms with van der Waals surface area (Å²) >= 11 is 0. The zero-order chi connectivity index (χ0) is 17.5. The highest BCUT2D eigenvalue weighted by Gasteiger charge is 2.10. The molecule has 1 N–H and O–H groups in total. The number of hydrogen-bond donors (Lipinski definition) is 1. The first-order valence-corrected chi connectivity index (χ1v) is 8.48. The van der Waals surface area contributed by atoms with E-state index in [1.54, 1.807) is 0 Å². The summed E-state index contributed by atoms with van der Waals surface area (Å²) in [7, 11) is 0. The van der Waals surface area contributed by atoms with Gasteiger partial charge >= 0.3 is 0 Å². The number of para-hydroxylation sites is 1. The van der Waals surface area contributed by atoms with Gasteiger partial charge in [0.1, 0.15) is 16.9 Å². The summed E-state index contributed by atoms with van der Waals surface area (Å²) in [6.45, 7) is 0.0390. The third-order valence-corrected chi connectivity index (χ3v) is 4.57. The molecule has 5 rings (SSSR count). The van der Waals surface area contributed by atoms with Gasteiger partial charge < -0.3 is 13.9 Å². The van der Waals surface area contributed by atoms with E-state index in [0.717, 1.165) is 44.8 Å². The van der Waals surface area contributed by atoms with Gasteiger partial charge in [-0.1, -0.05) is 36.4 Å². The average molecular weight is 340 g/mol. The Bertz CT molecular complexity index is 1200. The first kappa shape index (κ1) is 14.9. The lowest BCUT2D eigenvalue weighted by Crippen LogP contribution is -1.87. The summed E-state index contributed by atoms with van der Waals surface area (Å²) in [6, 6.07) is 21.9. The van der Waals surface area contributed by atoms with Crippen molar-refractivity contribution in [2.24, 2.45) is 0 Å². The van der Waals surface area contributed by atoms with Crippen LogP contribution in [0.3, 0.4) is 0 Å². The quantitative estimate of drug-likeness (QED) is 0.508. The summed E-state index contributed by atoms with van der Waals surface area (Å²) in [5, 5.41) is 10.4. The Morgan fingerprint density at radius 1 is 0.885 bits per heavy atom. The first-order chi connectivity index (χ1) is 12.8. The second kappa shape index (κ2) is 5.86. The van der Waals surface area contributed by atoms with Gasteiger partial charge in [-0.25, -0.2) is 4.98 Å². The van der Waals surface area contributed by atoms with E-state index >= 15 is 0 Å². The van der Waals surface area contributed by atoms with E-state index in [9.17, 15) is 5.11 Å². The summed E-state index contributed by atoms with van der Waals surface area (Å²) in [5.74, 6) is 0.763. The van der Waals surface area contributed by atoms with Gasteiger partial charge in [0.25, 0.3) is 0 Å². The molecule has 3 aromatic heterocycles. The number of hydrogen-bond acceptors (Lipinski definition) is 3. The zero-order valence-corrected chi connectivity index (χ0v) is 14.0. The van der Waals surface area contributed by atoms with Crippen LogP contribution < -0.4 is 0 Å². The fourth-order valence-electron chi connectivity index (χ4n) is 3.24. The van der Waals surface area contributed by atoms with Crippen LogP contribution in [0.4, 0.5) is 0 Å². The van der Waals surface area contributed by atoms with Crippen molar-refractivity contribution in [3.8, 4) is 22.6 Å². The molecule has 0 bridgehead atoms. The molecule has 26 heavy (non-hydrogen) atoms. The Hall–Kier alpha value is -3.37. The van der Waals surface area contributed by atoms with E-state index in [1.807, 2.05) is 83.5 Å². The lowest BCUT2D eigenvalue weighted by Gasteiger charge is -2.04. The minimum atomic E-state index is 0.0390. The molecule has 0 fully saturated rings. The van der Waals surface area contributed by atoms with Crippen molar-refractivity contribution in [3.05, 3.63) is 84.7 Å². The van der Waals surface area contributed by atoms with Crippen LogP contribution in [0.2, 0.25) is 0 Å².